The highest BCUT2D eigenvalue weighted by Gasteiger charge is 2.16. The number of nitrogens with two attached hydrogens (primary N) is 1. The number of carbonyl (C=O) groups excluding carboxylic acids is 1. The lowest BCUT2D eigenvalue weighted by molar-refractivity contribution is -0.132. The van der Waals surface area contributed by atoms with Gasteiger partial charge in [-0.2, -0.15) is 0 Å². The van der Waals surface area contributed by atoms with Gasteiger partial charge in [0.05, 0.1) is 6.54 Å². The van der Waals surface area contributed by atoms with E-state index in [1.807, 2.05) is 18.7 Å². The molecule has 0 aromatic heterocycles. The van der Waals surface area contributed by atoms with Crippen LogP contribution in [0.3, 0.4) is 0 Å². The molecule has 0 bridgehead atoms. The molecule has 0 spiro atoms. The van der Waals surface area contributed by atoms with Gasteiger partial charge in [-0.1, -0.05) is 0 Å². The van der Waals surface area contributed by atoms with Crippen molar-refractivity contribution < 1.29 is 4.79 Å². The standard InChI is InChI=1S/C12H27N3O/c1-5-14(6-2)12(16)10-15(11(3)4)9-7-8-13/h11H,5-10,13H2,1-4H3. The van der Waals surface area contributed by atoms with E-state index in [-0.39, 0.29) is 5.91 Å². The minimum Gasteiger partial charge on any atom is -0.342 e. The predicted octanol–water partition coefficient (Wildman–Crippen LogP) is 0.914. The molecular weight excluding hydrogens is 202 g/mol. The van der Waals surface area contributed by atoms with Gasteiger partial charge in [-0.25, -0.2) is 0 Å². The summed E-state index contributed by atoms with van der Waals surface area (Å²) in [4.78, 5) is 16.0. The average Bonchev–Trinajstić information content (AvgIpc) is 2.25. The Kier molecular flexibility index (Phi) is 8.21. The number of rotatable bonds is 8. The van der Waals surface area contributed by atoms with Gasteiger partial charge in [-0.05, 0) is 40.7 Å². The summed E-state index contributed by atoms with van der Waals surface area (Å²) in [6.45, 7) is 11.9. The van der Waals surface area contributed by atoms with Crippen LogP contribution in [0.25, 0.3) is 0 Å². The molecule has 0 aliphatic carbocycles. The summed E-state index contributed by atoms with van der Waals surface area (Å²) in [5.74, 6) is 0.218. The molecule has 4 heteroatoms. The normalized spacial score (nSPS) is 11.2. The second-order valence-electron chi connectivity index (χ2n) is 4.27. The van der Waals surface area contributed by atoms with E-state index in [0.29, 0.717) is 19.1 Å². The van der Waals surface area contributed by atoms with Crippen molar-refractivity contribution in [1.82, 2.24) is 9.80 Å². The Bertz CT molecular complexity index is 191. The lowest BCUT2D eigenvalue weighted by atomic mass is 10.2. The second-order valence-corrected chi connectivity index (χ2v) is 4.27. The molecule has 2 N–H and O–H groups in total. The molecule has 0 radical (unpaired) electrons. The molecular formula is C12H27N3O. The Morgan fingerprint density at radius 2 is 1.81 bits per heavy atom. The van der Waals surface area contributed by atoms with E-state index in [9.17, 15) is 4.79 Å². The third kappa shape index (κ3) is 5.47. The number of likely N-dealkylation sites (N-methyl/N-ethyl adjacent to an activating group) is 1. The molecule has 0 unspecified atom stereocenters. The molecule has 0 aliphatic rings. The SMILES string of the molecule is CCN(CC)C(=O)CN(CCCN)C(C)C. The molecule has 0 aromatic rings. The van der Waals surface area contributed by atoms with Crippen LogP contribution in [0.2, 0.25) is 0 Å². The highest BCUT2D eigenvalue weighted by molar-refractivity contribution is 5.78. The van der Waals surface area contributed by atoms with E-state index in [4.69, 9.17) is 5.73 Å². The minimum atomic E-state index is 0.218. The topological polar surface area (TPSA) is 49.6 Å². The molecule has 0 atom stereocenters. The maximum absolute atomic E-state index is 11.9. The fourth-order valence-corrected chi connectivity index (χ4v) is 1.66. The summed E-state index contributed by atoms with van der Waals surface area (Å²) in [5.41, 5.74) is 5.50. The number of carbonyl (C=O) groups is 1. The zero-order valence-corrected chi connectivity index (χ0v) is 11.2. The number of amides is 1. The largest absolute Gasteiger partial charge is 0.342 e. The lowest BCUT2D eigenvalue weighted by Gasteiger charge is -2.28. The van der Waals surface area contributed by atoms with Crippen molar-refractivity contribution in [2.75, 3.05) is 32.7 Å². The number of hydrogen-bond acceptors (Lipinski definition) is 3. The predicted molar refractivity (Wildman–Crippen MR) is 68.3 cm³/mol. The van der Waals surface area contributed by atoms with E-state index in [1.165, 1.54) is 0 Å². The molecule has 0 heterocycles. The van der Waals surface area contributed by atoms with Gasteiger partial charge in [0, 0.05) is 25.7 Å². The van der Waals surface area contributed by atoms with Crippen LogP contribution in [-0.4, -0.2) is 54.5 Å². The average molecular weight is 229 g/mol. The van der Waals surface area contributed by atoms with Crippen LogP contribution in [-0.2, 0) is 4.79 Å². The van der Waals surface area contributed by atoms with Gasteiger partial charge in [0.15, 0.2) is 0 Å². The number of hydrogen-bond donors (Lipinski definition) is 1. The molecule has 0 aromatic carbocycles. The second kappa shape index (κ2) is 8.53. The van der Waals surface area contributed by atoms with Crippen LogP contribution in [0.1, 0.15) is 34.1 Å². The summed E-state index contributed by atoms with van der Waals surface area (Å²) in [6.07, 6.45) is 0.948. The van der Waals surface area contributed by atoms with Crippen LogP contribution in [0, 0.1) is 0 Å². The molecule has 0 rings (SSSR count). The summed E-state index contributed by atoms with van der Waals surface area (Å²) >= 11 is 0. The smallest absolute Gasteiger partial charge is 0.236 e. The van der Waals surface area contributed by atoms with E-state index < -0.39 is 0 Å². The first-order valence-corrected chi connectivity index (χ1v) is 6.28. The maximum atomic E-state index is 11.9. The van der Waals surface area contributed by atoms with E-state index in [2.05, 4.69) is 18.7 Å². The number of nitrogens with zero attached hydrogens (tertiary/aromatic N) is 2. The van der Waals surface area contributed by atoms with Crippen molar-refractivity contribution in [2.24, 2.45) is 5.73 Å². The van der Waals surface area contributed by atoms with Crippen molar-refractivity contribution in [2.45, 2.75) is 40.2 Å². The third-order valence-corrected chi connectivity index (χ3v) is 2.83. The molecule has 4 nitrogen and oxygen atoms in total. The highest BCUT2D eigenvalue weighted by atomic mass is 16.2. The maximum Gasteiger partial charge on any atom is 0.236 e. The van der Waals surface area contributed by atoms with E-state index in [1.54, 1.807) is 0 Å². The Hall–Kier alpha value is -0.610. The van der Waals surface area contributed by atoms with Crippen molar-refractivity contribution in [3.63, 3.8) is 0 Å². The zero-order chi connectivity index (χ0) is 12.6. The van der Waals surface area contributed by atoms with E-state index >= 15 is 0 Å². The molecule has 0 aliphatic heterocycles. The first-order chi connectivity index (χ1) is 7.56. The van der Waals surface area contributed by atoms with Crippen molar-refractivity contribution in [1.29, 1.82) is 0 Å². The lowest BCUT2D eigenvalue weighted by Crippen LogP contribution is -2.43. The van der Waals surface area contributed by atoms with Crippen molar-refractivity contribution in [3.05, 3.63) is 0 Å². The van der Waals surface area contributed by atoms with Crippen molar-refractivity contribution >= 4 is 5.91 Å². The minimum absolute atomic E-state index is 0.218. The Morgan fingerprint density at radius 1 is 1.25 bits per heavy atom. The molecule has 96 valence electrons. The first kappa shape index (κ1) is 15.4. The summed E-state index contributed by atoms with van der Waals surface area (Å²) in [7, 11) is 0. The van der Waals surface area contributed by atoms with Crippen LogP contribution in [0.15, 0.2) is 0 Å². The van der Waals surface area contributed by atoms with Gasteiger partial charge in [0.1, 0.15) is 0 Å². The van der Waals surface area contributed by atoms with Gasteiger partial charge in [0.2, 0.25) is 5.91 Å². The van der Waals surface area contributed by atoms with Gasteiger partial charge >= 0.3 is 0 Å². The van der Waals surface area contributed by atoms with Gasteiger partial charge < -0.3 is 10.6 Å². The van der Waals surface area contributed by atoms with Gasteiger partial charge in [-0.15, -0.1) is 0 Å². The van der Waals surface area contributed by atoms with Crippen LogP contribution < -0.4 is 5.73 Å². The molecule has 16 heavy (non-hydrogen) atoms. The summed E-state index contributed by atoms with van der Waals surface area (Å²) < 4.78 is 0. The van der Waals surface area contributed by atoms with Gasteiger partial charge in [0.25, 0.3) is 0 Å². The van der Waals surface area contributed by atoms with Crippen LogP contribution in [0.4, 0.5) is 0 Å². The summed E-state index contributed by atoms with van der Waals surface area (Å²) in [6, 6.07) is 0.395. The molecule has 0 saturated carbocycles. The third-order valence-electron chi connectivity index (χ3n) is 2.83. The Balaban J connectivity index is 4.21. The van der Waals surface area contributed by atoms with Crippen LogP contribution in [0.5, 0.6) is 0 Å². The quantitative estimate of drug-likeness (QED) is 0.673. The molecule has 1 amide bonds. The Labute approximate surface area is 99.8 Å². The molecule has 0 fully saturated rings. The molecule has 0 saturated heterocycles. The zero-order valence-electron chi connectivity index (χ0n) is 11.2. The van der Waals surface area contributed by atoms with Gasteiger partial charge in [-0.3, -0.25) is 9.69 Å². The highest BCUT2D eigenvalue weighted by Crippen LogP contribution is 2.01. The fourth-order valence-electron chi connectivity index (χ4n) is 1.66. The fraction of sp³-hybridized carbons (Fsp3) is 0.917. The van der Waals surface area contributed by atoms with E-state index in [0.717, 1.165) is 26.1 Å². The van der Waals surface area contributed by atoms with Crippen molar-refractivity contribution in [3.8, 4) is 0 Å². The van der Waals surface area contributed by atoms with Crippen LogP contribution >= 0.6 is 0 Å². The Morgan fingerprint density at radius 3 is 2.19 bits per heavy atom. The monoisotopic (exact) mass is 229 g/mol. The summed E-state index contributed by atoms with van der Waals surface area (Å²) in [5, 5.41) is 0. The first-order valence-electron chi connectivity index (χ1n) is 6.28.